The normalized spacial score (nSPS) is 15.7. The van der Waals surface area contributed by atoms with Gasteiger partial charge in [0.15, 0.2) is 5.16 Å². The zero-order valence-electron chi connectivity index (χ0n) is 14.3. The number of hydrogen-bond donors (Lipinski definition) is 1. The van der Waals surface area contributed by atoms with Gasteiger partial charge < -0.3 is 5.32 Å². The number of nitrogens with one attached hydrogen (secondary N) is 1. The van der Waals surface area contributed by atoms with Gasteiger partial charge in [0.25, 0.3) is 5.56 Å². The lowest BCUT2D eigenvalue weighted by Crippen LogP contribution is -2.34. The molecule has 1 heterocycles. The maximum atomic E-state index is 12.8. The number of hydrogen-bond acceptors (Lipinski definition) is 4. The fraction of sp³-hybridized carbons (Fsp3) is 0.500. The molecule has 1 saturated carbocycles. The van der Waals surface area contributed by atoms with Crippen LogP contribution in [0.2, 0.25) is 0 Å². The summed E-state index contributed by atoms with van der Waals surface area (Å²) in [4.78, 5) is 29.7. The zero-order chi connectivity index (χ0) is 17.3. The van der Waals surface area contributed by atoms with Crippen molar-refractivity contribution in [3.8, 4) is 0 Å². The van der Waals surface area contributed by atoms with E-state index in [-0.39, 0.29) is 22.8 Å². The Morgan fingerprint density at radius 1 is 1.33 bits per heavy atom. The van der Waals surface area contributed by atoms with Gasteiger partial charge in [-0.3, -0.25) is 14.2 Å². The SMILES string of the molecule is CC(C)CNC(=O)C(C)Sc1nc2ccccc2c(=O)n1C1CC1. The summed E-state index contributed by atoms with van der Waals surface area (Å²) >= 11 is 1.37. The van der Waals surface area contributed by atoms with Crippen LogP contribution in [0, 0.1) is 5.92 Å². The summed E-state index contributed by atoms with van der Waals surface area (Å²) in [6.45, 7) is 6.64. The van der Waals surface area contributed by atoms with E-state index in [0.29, 0.717) is 28.5 Å². The predicted octanol–water partition coefficient (Wildman–Crippen LogP) is 2.98. The molecule has 1 aromatic heterocycles. The van der Waals surface area contributed by atoms with Crippen LogP contribution in [-0.2, 0) is 4.79 Å². The van der Waals surface area contributed by atoms with Gasteiger partial charge in [-0.25, -0.2) is 4.98 Å². The average Bonchev–Trinajstić information content (AvgIpc) is 3.37. The molecule has 6 heteroatoms. The lowest BCUT2D eigenvalue weighted by molar-refractivity contribution is -0.120. The van der Waals surface area contributed by atoms with Gasteiger partial charge in [0, 0.05) is 12.6 Å². The lowest BCUT2D eigenvalue weighted by atomic mass is 10.2. The predicted molar refractivity (Wildman–Crippen MR) is 97.4 cm³/mol. The minimum atomic E-state index is -0.290. The van der Waals surface area contributed by atoms with Crippen molar-refractivity contribution in [2.45, 2.75) is 50.1 Å². The van der Waals surface area contributed by atoms with Gasteiger partial charge in [-0.05, 0) is 37.8 Å². The first-order chi connectivity index (χ1) is 11.5. The van der Waals surface area contributed by atoms with Crippen molar-refractivity contribution in [2.24, 2.45) is 5.92 Å². The molecule has 1 aliphatic rings. The maximum absolute atomic E-state index is 12.8. The quantitative estimate of drug-likeness (QED) is 0.646. The molecular formula is C18H23N3O2S. The van der Waals surface area contributed by atoms with Crippen molar-refractivity contribution in [2.75, 3.05) is 6.54 Å². The highest BCUT2D eigenvalue weighted by atomic mass is 32.2. The number of carbonyl (C=O) groups is 1. The van der Waals surface area contributed by atoms with E-state index in [1.807, 2.05) is 31.2 Å². The van der Waals surface area contributed by atoms with Crippen LogP contribution in [0.15, 0.2) is 34.2 Å². The Kier molecular flexibility index (Phi) is 4.94. The highest BCUT2D eigenvalue weighted by molar-refractivity contribution is 8.00. The Balaban J connectivity index is 1.89. The van der Waals surface area contributed by atoms with Gasteiger partial charge in [0.1, 0.15) is 0 Å². The summed E-state index contributed by atoms with van der Waals surface area (Å²) in [5, 5.41) is 3.94. The lowest BCUT2D eigenvalue weighted by Gasteiger charge is -2.16. The highest BCUT2D eigenvalue weighted by Crippen LogP contribution is 2.37. The standard InChI is InChI=1S/C18H23N3O2S/c1-11(2)10-19-16(22)12(3)24-18-20-15-7-5-4-6-14(15)17(23)21(18)13-8-9-13/h4-7,11-13H,8-10H2,1-3H3,(H,19,22). The molecule has 3 rings (SSSR count). The van der Waals surface area contributed by atoms with Crippen LogP contribution in [0.4, 0.5) is 0 Å². The average molecular weight is 345 g/mol. The number of rotatable bonds is 6. The molecule has 5 nitrogen and oxygen atoms in total. The van der Waals surface area contributed by atoms with Gasteiger partial charge in [0.05, 0.1) is 16.2 Å². The van der Waals surface area contributed by atoms with Crippen LogP contribution < -0.4 is 10.9 Å². The minimum Gasteiger partial charge on any atom is -0.355 e. The minimum absolute atomic E-state index is 0.000360. The molecule has 128 valence electrons. The molecule has 2 aromatic rings. The van der Waals surface area contributed by atoms with Crippen molar-refractivity contribution in [3.05, 3.63) is 34.6 Å². The molecule has 24 heavy (non-hydrogen) atoms. The number of amides is 1. The van der Waals surface area contributed by atoms with Gasteiger partial charge in [-0.15, -0.1) is 0 Å². The van der Waals surface area contributed by atoms with E-state index in [1.165, 1.54) is 11.8 Å². The van der Waals surface area contributed by atoms with Crippen molar-refractivity contribution < 1.29 is 4.79 Å². The van der Waals surface area contributed by atoms with Crippen LogP contribution in [0.5, 0.6) is 0 Å². The summed E-state index contributed by atoms with van der Waals surface area (Å²) in [6.07, 6.45) is 2.00. The van der Waals surface area contributed by atoms with Gasteiger partial charge in [0.2, 0.25) is 5.91 Å². The maximum Gasteiger partial charge on any atom is 0.262 e. The topological polar surface area (TPSA) is 64.0 Å². The number of thioether (sulfide) groups is 1. The van der Waals surface area contributed by atoms with Crippen molar-refractivity contribution in [1.29, 1.82) is 0 Å². The van der Waals surface area contributed by atoms with Crippen molar-refractivity contribution in [1.82, 2.24) is 14.9 Å². The molecule has 0 spiro atoms. The van der Waals surface area contributed by atoms with Gasteiger partial charge >= 0.3 is 0 Å². The Morgan fingerprint density at radius 3 is 2.71 bits per heavy atom. The first-order valence-corrected chi connectivity index (χ1v) is 9.31. The largest absolute Gasteiger partial charge is 0.355 e. The van der Waals surface area contributed by atoms with E-state index in [4.69, 9.17) is 0 Å². The molecule has 0 aliphatic heterocycles. The number of benzene rings is 1. The third-order valence-electron chi connectivity index (χ3n) is 4.02. The molecule has 1 unspecified atom stereocenters. The Morgan fingerprint density at radius 2 is 2.04 bits per heavy atom. The third-order valence-corrected chi connectivity index (χ3v) is 5.09. The number of nitrogens with zero attached hydrogens (tertiary/aromatic N) is 2. The summed E-state index contributed by atoms with van der Waals surface area (Å²) in [7, 11) is 0. The second kappa shape index (κ2) is 6.97. The summed E-state index contributed by atoms with van der Waals surface area (Å²) in [5.74, 6) is 0.396. The first kappa shape index (κ1) is 17.0. The number of carbonyl (C=O) groups excluding carboxylic acids is 1. The van der Waals surface area contributed by atoms with Crippen LogP contribution in [0.25, 0.3) is 10.9 Å². The van der Waals surface area contributed by atoms with E-state index in [9.17, 15) is 9.59 Å². The monoisotopic (exact) mass is 345 g/mol. The van der Waals surface area contributed by atoms with Crippen molar-refractivity contribution >= 4 is 28.6 Å². The van der Waals surface area contributed by atoms with E-state index in [2.05, 4.69) is 24.1 Å². The highest BCUT2D eigenvalue weighted by Gasteiger charge is 2.30. The van der Waals surface area contributed by atoms with E-state index < -0.39 is 0 Å². The molecule has 0 bridgehead atoms. The smallest absolute Gasteiger partial charge is 0.262 e. The molecule has 1 aromatic carbocycles. The molecule has 0 saturated heterocycles. The zero-order valence-corrected chi connectivity index (χ0v) is 15.1. The molecule has 0 radical (unpaired) electrons. The molecular weight excluding hydrogens is 322 g/mol. The molecule has 1 amide bonds. The summed E-state index contributed by atoms with van der Waals surface area (Å²) in [6, 6.07) is 7.63. The van der Waals surface area contributed by atoms with Crippen LogP contribution in [-0.4, -0.2) is 27.3 Å². The van der Waals surface area contributed by atoms with Crippen LogP contribution in [0.1, 0.15) is 39.7 Å². The number of fused-ring (bicyclic) bond motifs is 1. The van der Waals surface area contributed by atoms with E-state index in [0.717, 1.165) is 12.8 Å². The fourth-order valence-electron chi connectivity index (χ4n) is 2.52. The Bertz CT molecular complexity index is 812. The van der Waals surface area contributed by atoms with Gasteiger partial charge in [-0.2, -0.15) is 0 Å². The van der Waals surface area contributed by atoms with Crippen molar-refractivity contribution in [3.63, 3.8) is 0 Å². The van der Waals surface area contributed by atoms with Gasteiger partial charge in [-0.1, -0.05) is 37.7 Å². The summed E-state index contributed by atoms with van der Waals surface area (Å²) in [5.41, 5.74) is 0.692. The second-order valence-electron chi connectivity index (χ2n) is 6.72. The first-order valence-electron chi connectivity index (χ1n) is 8.43. The fourth-order valence-corrected chi connectivity index (χ4v) is 3.53. The van der Waals surface area contributed by atoms with Crippen LogP contribution >= 0.6 is 11.8 Å². The van der Waals surface area contributed by atoms with Crippen LogP contribution in [0.3, 0.4) is 0 Å². The van der Waals surface area contributed by atoms with E-state index in [1.54, 1.807) is 4.57 Å². The molecule has 1 aliphatic carbocycles. The molecule has 1 atom stereocenters. The number of aromatic nitrogens is 2. The Labute approximate surface area is 145 Å². The molecule has 1 fully saturated rings. The van der Waals surface area contributed by atoms with E-state index >= 15 is 0 Å². The third kappa shape index (κ3) is 3.64. The molecule has 1 N–H and O–H groups in total. The summed E-state index contributed by atoms with van der Waals surface area (Å²) < 4.78 is 1.78. The number of para-hydroxylation sites is 1. The second-order valence-corrected chi connectivity index (χ2v) is 8.02. The Hall–Kier alpha value is -1.82.